The first-order valence-electron chi connectivity index (χ1n) is 6.52. The normalized spacial score (nSPS) is 14.4. The Morgan fingerprint density at radius 2 is 2.00 bits per heavy atom. The molecule has 1 fully saturated rings. The highest BCUT2D eigenvalue weighted by molar-refractivity contribution is 8.00. The van der Waals surface area contributed by atoms with Crippen LogP contribution in [0.25, 0.3) is 0 Å². The van der Waals surface area contributed by atoms with E-state index in [9.17, 15) is 4.79 Å². The predicted octanol–water partition coefficient (Wildman–Crippen LogP) is 2.04. The largest absolute Gasteiger partial charge is 0.355 e. The molecular formula is C14H20N2OS. The average Bonchev–Trinajstić information content (AvgIpc) is 3.21. The number of thioether (sulfide) groups is 1. The van der Waals surface area contributed by atoms with Crippen LogP contribution in [0.5, 0.6) is 0 Å². The minimum atomic E-state index is 0.121. The molecular weight excluding hydrogens is 244 g/mol. The van der Waals surface area contributed by atoms with Crippen molar-refractivity contribution in [1.29, 1.82) is 0 Å². The molecule has 0 bridgehead atoms. The first-order chi connectivity index (χ1) is 8.84. The van der Waals surface area contributed by atoms with Gasteiger partial charge in [0.15, 0.2) is 0 Å². The maximum absolute atomic E-state index is 11.6. The maximum Gasteiger partial charge on any atom is 0.230 e. The van der Waals surface area contributed by atoms with Gasteiger partial charge in [0.25, 0.3) is 0 Å². The fourth-order valence-corrected chi connectivity index (χ4v) is 2.38. The third-order valence-electron chi connectivity index (χ3n) is 2.80. The molecule has 0 heterocycles. The smallest absolute Gasteiger partial charge is 0.230 e. The third-order valence-corrected chi connectivity index (χ3v) is 3.81. The Kier molecular flexibility index (Phi) is 5.55. The lowest BCUT2D eigenvalue weighted by Crippen LogP contribution is -2.29. The Morgan fingerprint density at radius 1 is 1.22 bits per heavy atom. The van der Waals surface area contributed by atoms with E-state index in [0.717, 1.165) is 30.4 Å². The standard InChI is InChI=1S/C14H20N2OS/c17-14(11-18-13-5-2-1-3-6-13)16-10-4-9-15-12-7-8-12/h1-3,5-6,12,15H,4,7-11H2,(H,16,17). The summed E-state index contributed by atoms with van der Waals surface area (Å²) < 4.78 is 0. The van der Waals surface area contributed by atoms with Crippen molar-refractivity contribution < 1.29 is 4.79 Å². The zero-order valence-electron chi connectivity index (χ0n) is 10.5. The fraction of sp³-hybridized carbons (Fsp3) is 0.500. The molecule has 1 aromatic carbocycles. The molecule has 4 heteroatoms. The van der Waals surface area contributed by atoms with Crippen molar-refractivity contribution in [1.82, 2.24) is 10.6 Å². The number of hydrogen-bond donors (Lipinski definition) is 2. The molecule has 0 atom stereocenters. The van der Waals surface area contributed by atoms with Crippen LogP contribution in [0.1, 0.15) is 19.3 Å². The van der Waals surface area contributed by atoms with Gasteiger partial charge in [0.05, 0.1) is 5.75 Å². The lowest BCUT2D eigenvalue weighted by atomic mass is 10.4. The summed E-state index contributed by atoms with van der Waals surface area (Å²) in [6.07, 6.45) is 3.65. The summed E-state index contributed by atoms with van der Waals surface area (Å²) in [5, 5.41) is 6.38. The van der Waals surface area contributed by atoms with E-state index in [1.54, 1.807) is 11.8 Å². The van der Waals surface area contributed by atoms with Gasteiger partial charge in [-0.25, -0.2) is 0 Å². The van der Waals surface area contributed by atoms with Crippen LogP contribution in [0.15, 0.2) is 35.2 Å². The van der Waals surface area contributed by atoms with Gasteiger partial charge in [-0.2, -0.15) is 0 Å². The van der Waals surface area contributed by atoms with Gasteiger partial charge in [0, 0.05) is 17.5 Å². The van der Waals surface area contributed by atoms with Crippen molar-refractivity contribution in [2.75, 3.05) is 18.8 Å². The Balaban J connectivity index is 1.49. The van der Waals surface area contributed by atoms with E-state index in [0.29, 0.717) is 5.75 Å². The van der Waals surface area contributed by atoms with Crippen LogP contribution >= 0.6 is 11.8 Å². The maximum atomic E-state index is 11.6. The molecule has 1 aliphatic rings. The van der Waals surface area contributed by atoms with Crippen molar-refractivity contribution in [2.24, 2.45) is 0 Å². The van der Waals surface area contributed by atoms with Crippen molar-refractivity contribution in [3.05, 3.63) is 30.3 Å². The zero-order valence-corrected chi connectivity index (χ0v) is 11.3. The van der Waals surface area contributed by atoms with Crippen molar-refractivity contribution in [2.45, 2.75) is 30.2 Å². The number of rotatable bonds is 8. The van der Waals surface area contributed by atoms with E-state index < -0.39 is 0 Å². The van der Waals surface area contributed by atoms with E-state index in [4.69, 9.17) is 0 Å². The number of amides is 1. The summed E-state index contributed by atoms with van der Waals surface area (Å²) in [4.78, 5) is 12.7. The predicted molar refractivity (Wildman–Crippen MR) is 75.8 cm³/mol. The number of carbonyl (C=O) groups is 1. The quantitative estimate of drug-likeness (QED) is 0.557. The Bertz CT molecular complexity index is 365. The van der Waals surface area contributed by atoms with Crippen LogP contribution < -0.4 is 10.6 Å². The molecule has 0 aliphatic heterocycles. The van der Waals surface area contributed by atoms with Gasteiger partial charge in [0.2, 0.25) is 5.91 Å². The molecule has 3 nitrogen and oxygen atoms in total. The molecule has 98 valence electrons. The SMILES string of the molecule is O=C(CSc1ccccc1)NCCCNC1CC1. The second kappa shape index (κ2) is 7.44. The number of nitrogens with one attached hydrogen (secondary N) is 2. The molecule has 0 spiro atoms. The molecule has 1 saturated carbocycles. The van der Waals surface area contributed by atoms with Crippen LogP contribution in [-0.4, -0.2) is 30.8 Å². The molecule has 0 unspecified atom stereocenters. The van der Waals surface area contributed by atoms with E-state index in [1.807, 2.05) is 30.3 Å². The van der Waals surface area contributed by atoms with Gasteiger partial charge in [-0.1, -0.05) is 18.2 Å². The van der Waals surface area contributed by atoms with Gasteiger partial charge in [-0.15, -0.1) is 11.8 Å². The van der Waals surface area contributed by atoms with E-state index in [-0.39, 0.29) is 5.91 Å². The lowest BCUT2D eigenvalue weighted by molar-refractivity contribution is -0.118. The van der Waals surface area contributed by atoms with Crippen LogP contribution in [0, 0.1) is 0 Å². The van der Waals surface area contributed by atoms with Gasteiger partial charge in [-0.05, 0) is 37.9 Å². The summed E-state index contributed by atoms with van der Waals surface area (Å²) in [6.45, 7) is 1.78. The van der Waals surface area contributed by atoms with Crippen LogP contribution in [0.4, 0.5) is 0 Å². The molecule has 2 rings (SSSR count). The second-order valence-corrected chi connectivity index (χ2v) is 5.58. The van der Waals surface area contributed by atoms with Gasteiger partial charge in [0.1, 0.15) is 0 Å². The van der Waals surface area contributed by atoms with Crippen molar-refractivity contribution >= 4 is 17.7 Å². The molecule has 1 amide bonds. The highest BCUT2D eigenvalue weighted by Crippen LogP contribution is 2.18. The second-order valence-electron chi connectivity index (χ2n) is 4.53. The Hall–Kier alpha value is -1.00. The topological polar surface area (TPSA) is 41.1 Å². The van der Waals surface area contributed by atoms with E-state index in [1.165, 1.54) is 12.8 Å². The van der Waals surface area contributed by atoms with Crippen LogP contribution in [0.2, 0.25) is 0 Å². The van der Waals surface area contributed by atoms with Gasteiger partial charge in [-0.3, -0.25) is 4.79 Å². The van der Waals surface area contributed by atoms with Gasteiger partial charge < -0.3 is 10.6 Å². The first-order valence-corrected chi connectivity index (χ1v) is 7.51. The molecule has 0 aromatic heterocycles. The van der Waals surface area contributed by atoms with Crippen LogP contribution in [0.3, 0.4) is 0 Å². The van der Waals surface area contributed by atoms with Crippen molar-refractivity contribution in [3.8, 4) is 0 Å². The Labute approximate surface area is 113 Å². The number of benzene rings is 1. The fourth-order valence-electron chi connectivity index (χ4n) is 1.63. The summed E-state index contributed by atoms with van der Waals surface area (Å²) >= 11 is 1.58. The molecule has 0 saturated heterocycles. The molecule has 1 aromatic rings. The van der Waals surface area contributed by atoms with Gasteiger partial charge >= 0.3 is 0 Å². The first kappa shape index (κ1) is 13.4. The monoisotopic (exact) mass is 264 g/mol. The molecule has 0 radical (unpaired) electrons. The Morgan fingerprint density at radius 3 is 2.72 bits per heavy atom. The van der Waals surface area contributed by atoms with E-state index >= 15 is 0 Å². The average molecular weight is 264 g/mol. The molecule has 2 N–H and O–H groups in total. The zero-order chi connectivity index (χ0) is 12.6. The van der Waals surface area contributed by atoms with Crippen molar-refractivity contribution in [3.63, 3.8) is 0 Å². The number of hydrogen-bond acceptors (Lipinski definition) is 3. The van der Waals surface area contributed by atoms with Crippen LogP contribution in [-0.2, 0) is 4.79 Å². The highest BCUT2D eigenvalue weighted by Gasteiger charge is 2.19. The number of carbonyl (C=O) groups excluding carboxylic acids is 1. The summed E-state index contributed by atoms with van der Waals surface area (Å²) in [7, 11) is 0. The highest BCUT2D eigenvalue weighted by atomic mass is 32.2. The minimum Gasteiger partial charge on any atom is -0.355 e. The molecule has 1 aliphatic carbocycles. The van der Waals surface area contributed by atoms with E-state index in [2.05, 4.69) is 10.6 Å². The summed E-state index contributed by atoms with van der Waals surface area (Å²) in [5.74, 6) is 0.621. The molecule has 18 heavy (non-hydrogen) atoms. The minimum absolute atomic E-state index is 0.121. The lowest BCUT2D eigenvalue weighted by Gasteiger charge is -2.05. The summed E-state index contributed by atoms with van der Waals surface area (Å²) in [5.41, 5.74) is 0. The third kappa shape index (κ3) is 5.56. The summed E-state index contributed by atoms with van der Waals surface area (Å²) in [6, 6.07) is 10.8.